The van der Waals surface area contributed by atoms with E-state index in [0.29, 0.717) is 30.2 Å². The first-order chi connectivity index (χ1) is 20.6. The van der Waals surface area contributed by atoms with E-state index >= 15 is 0 Å². The molecule has 10 nitrogen and oxygen atoms in total. The Morgan fingerprint density at radius 1 is 1.09 bits per heavy atom. The van der Waals surface area contributed by atoms with Crippen molar-refractivity contribution in [2.75, 3.05) is 26.3 Å². The Balaban J connectivity index is 1.07. The molecule has 2 heterocycles. The predicted molar refractivity (Wildman–Crippen MR) is 168 cm³/mol. The zero-order valence-corrected chi connectivity index (χ0v) is 25.2. The van der Waals surface area contributed by atoms with E-state index in [1.54, 1.807) is 18.2 Å². The van der Waals surface area contributed by atoms with Crippen LogP contribution in [0.2, 0.25) is 5.02 Å². The van der Waals surface area contributed by atoms with Crippen LogP contribution in [0.1, 0.15) is 32.3 Å². The van der Waals surface area contributed by atoms with Gasteiger partial charge in [-0.15, -0.1) is 0 Å². The monoisotopic (exact) mass is 605 g/mol. The molecule has 0 radical (unpaired) electrons. The molecule has 1 aromatic heterocycles. The Bertz CT molecular complexity index is 1680. The lowest BCUT2D eigenvalue weighted by molar-refractivity contribution is -0.123. The zero-order valence-electron chi connectivity index (χ0n) is 24.4. The number of nitrogens with zero attached hydrogens (tertiary/aromatic N) is 2. The lowest BCUT2D eigenvalue weighted by Crippen LogP contribution is -2.52. The number of hydrogen-bond donors (Lipinski definition) is 4. The molecular weight excluding hydrogens is 570 g/mol. The molecule has 11 heteroatoms. The van der Waals surface area contributed by atoms with E-state index in [0.717, 1.165) is 38.8 Å². The van der Waals surface area contributed by atoms with E-state index in [9.17, 15) is 14.7 Å². The Hall–Kier alpha value is -4.12. The first-order valence-electron chi connectivity index (χ1n) is 14.2. The molecule has 0 bridgehead atoms. The highest BCUT2D eigenvalue weighted by molar-refractivity contribution is 6.32. The topological polar surface area (TPSA) is 126 Å². The quantitative estimate of drug-likeness (QED) is 0.194. The van der Waals surface area contributed by atoms with Crippen LogP contribution in [-0.2, 0) is 16.6 Å². The van der Waals surface area contributed by atoms with Gasteiger partial charge in [-0.05, 0) is 55.8 Å². The fraction of sp³-hybridized carbons (Fsp3) is 0.344. The van der Waals surface area contributed by atoms with Crippen LogP contribution in [-0.4, -0.2) is 65.1 Å². The number of amides is 2. The number of hydrogen-bond acceptors (Lipinski definition) is 7. The van der Waals surface area contributed by atoms with Gasteiger partial charge in [0.2, 0.25) is 5.91 Å². The van der Waals surface area contributed by atoms with Crippen molar-refractivity contribution in [2.24, 2.45) is 12.1 Å². The fourth-order valence-electron chi connectivity index (χ4n) is 4.99. The van der Waals surface area contributed by atoms with Crippen LogP contribution in [0.25, 0.3) is 21.8 Å². The summed E-state index contributed by atoms with van der Waals surface area (Å²) in [5.74, 6) is 0.684. The second-order valence-electron chi connectivity index (χ2n) is 11.3. The summed E-state index contributed by atoms with van der Waals surface area (Å²) in [5, 5.41) is 23.4. The molecule has 4 N–H and O–H groups in total. The van der Waals surface area contributed by atoms with E-state index in [2.05, 4.69) is 43.9 Å². The Morgan fingerprint density at radius 2 is 1.88 bits per heavy atom. The molecule has 0 aliphatic carbocycles. The molecule has 1 unspecified atom stereocenters. The van der Waals surface area contributed by atoms with Crippen LogP contribution >= 0.6 is 11.6 Å². The number of ether oxygens (including phenoxy) is 2. The molecule has 1 aliphatic heterocycles. The van der Waals surface area contributed by atoms with Crippen LogP contribution < -0.4 is 25.5 Å². The van der Waals surface area contributed by atoms with Gasteiger partial charge in [0.15, 0.2) is 6.61 Å². The highest BCUT2D eigenvalue weighted by Crippen LogP contribution is 2.35. The molecule has 43 heavy (non-hydrogen) atoms. The fourth-order valence-corrected chi connectivity index (χ4v) is 5.23. The summed E-state index contributed by atoms with van der Waals surface area (Å²) >= 11 is 6.36. The van der Waals surface area contributed by atoms with Crippen LogP contribution in [0, 0.1) is 0 Å². The van der Waals surface area contributed by atoms with Gasteiger partial charge in [0.25, 0.3) is 5.91 Å². The van der Waals surface area contributed by atoms with Gasteiger partial charge in [-0.3, -0.25) is 9.59 Å². The summed E-state index contributed by atoms with van der Waals surface area (Å²) in [4.78, 5) is 23.8. The molecule has 2 amide bonds. The molecule has 4 aromatic rings. The third-order valence-corrected chi connectivity index (χ3v) is 7.70. The van der Waals surface area contributed by atoms with Gasteiger partial charge in [-0.25, -0.2) is 5.43 Å². The molecule has 226 valence electrons. The molecule has 0 spiro atoms. The van der Waals surface area contributed by atoms with Crippen molar-refractivity contribution in [2.45, 2.75) is 38.3 Å². The van der Waals surface area contributed by atoms with Crippen LogP contribution in [0.4, 0.5) is 0 Å². The number of carbonyl (C=O) groups excluding carboxylic acids is 2. The number of para-hydroxylation sites is 1. The molecule has 1 atom stereocenters. The number of halogens is 1. The van der Waals surface area contributed by atoms with E-state index in [1.165, 1.54) is 0 Å². The molecule has 1 aliphatic rings. The maximum atomic E-state index is 12.5. The number of fused-ring (bicyclic) bond motifs is 3. The number of rotatable bonds is 12. The summed E-state index contributed by atoms with van der Waals surface area (Å²) < 4.78 is 13.8. The van der Waals surface area contributed by atoms with Crippen LogP contribution in [0.5, 0.6) is 11.5 Å². The van der Waals surface area contributed by atoms with Crippen molar-refractivity contribution < 1.29 is 24.2 Å². The van der Waals surface area contributed by atoms with Gasteiger partial charge in [0.05, 0.1) is 16.3 Å². The smallest absolute Gasteiger partial charge is 0.258 e. The number of carbonyl (C=O) groups is 2. The largest absolute Gasteiger partial charge is 0.490 e. The number of aliphatic hydroxyl groups excluding tert-OH is 1. The van der Waals surface area contributed by atoms with Crippen molar-refractivity contribution >= 4 is 50.9 Å². The average molecular weight is 606 g/mol. The van der Waals surface area contributed by atoms with Gasteiger partial charge < -0.3 is 29.8 Å². The Morgan fingerprint density at radius 3 is 2.65 bits per heavy atom. The number of hydrazone groups is 1. The van der Waals surface area contributed by atoms with E-state index < -0.39 is 11.6 Å². The number of nitrogens with one attached hydrogen (secondary N) is 3. The highest BCUT2D eigenvalue weighted by Gasteiger charge is 2.21. The summed E-state index contributed by atoms with van der Waals surface area (Å²) in [6.07, 6.45) is 0.139. The van der Waals surface area contributed by atoms with Gasteiger partial charge in [-0.1, -0.05) is 35.9 Å². The first-order valence-corrected chi connectivity index (χ1v) is 14.6. The van der Waals surface area contributed by atoms with Crippen molar-refractivity contribution in [3.05, 3.63) is 71.2 Å². The van der Waals surface area contributed by atoms with Crippen LogP contribution in [0.15, 0.2) is 65.8 Å². The number of aliphatic hydroxyl groups is 1. The number of benzene rings is 3. The lowest BCUT2D eigenvalue weighted by atomic mass is 10.0. The van der Waals surface area contributed by atoms with Crippen molar-refractivity contribution in [1.29, 1.82) is 0 Å². The Kier molecular flexibility index (Phi) is 9.19. The molecule has 0 saturated heterocycles. The predicted octanol–water partition coefficient (Wildman–Crippen LogP) is 3.90. The lowest BCUT2D eigenvalue weighted by Gasteiger charge is -2.28. The van der Waals surface area contributed by atoms with E-state index in [1.807, 2.05) is 45.2 Å². The first kappa shape index (κ1) is 30.3. The average Bonchev–Trinajstić information content (AvgIpc) is 3.30. The maximum Gasteiger partial charge on any atom is 0.258 e. The second kappa shape index (κ2) is 13.0. The molecule has 3 aromatic carbocycles. The molecule has 0 saturated carbocycles. The molecular formula is C32H36ClN5O5. The summed E-state index contributed by atoms with van der Waals surface area (Å²) in [6, 6.07) is 19.3. The summed E-state index contributed by atoms with van der Waals surface area (Å²) in [5.41, 5.74) is 5.67. The third-order valence-electron chi connectivity index (χ3n) is 7.40. The van der Waals surface area contributed by atoms with E-state index in [-0.39, 0.29) is 31.6 Å². The number of β-amino-alcohol motifs (C(OH)–C–C–N with tert-alkyl or cyclic N) is 1. The molecule has 5 rings (SSSR count). The van der Waals surface area contributed by atoms with Crippen LogP contribution in [0.3, 0.4) is 0 Å². The summed E-state index contributed by atoms with van der Waals surface area (Å²) in [6.45, 7) is 4.38. The zero-order chi connectivity index (χ0) is 30.6. The number of aromatic nitrogens is 1. The molecule has 0 fully saturated rings. The van der Waals surface area contributed by atoms with Crippen molar-refractivity contribution in [1.82, 2.24) is 20.6 Å². The minimum absolute atomic E-state index is 0.116. The normalized spacial score (nSPS) is 14.3. The van der Waals surface area contributed by atoms with E-state index in [4.69, 9.17) is 21.1 Å². The standard InChI is InChI=1S/C32H36ClN5O5/c1-32(2,19-34-30(41)18-43-27-13-11-20(15-23(27)33)24-12-14-29(40)37-36-24)35-16-21(39)17-42-28-10-6-9-26-31(28)22-7-4-5-8-25(22)38(26)3/h4-11,13,15,21,35,39H,12,14,16-19H2,1-3H3,(H,34,41)(H,37,40). The van der Waals surface area contributed by atoms with Gasteiger partial charge in [-0.2, -0.15) is 5.10 Å². The minimum atomic E-state index is -0.760. The third kappa shape index (κ3) is 7.27. The van der Waals surface area contributed by atoms with Crippen molar-refractivity contribution in [3.63, 3.8) is 0 Å². The highest BCUT2D eigenvalue weighted by atomic mass is 35.5. The minimum Gasteiger partial charge on any atom is -0.490 e. The van der Waals surface area contributed by atoms with Gasteiger partial charge in [0, 0.05) is 54.8 Å². The van der Waals surface area contributed by atoms with Gasteiger partial charge in [0.1, 0.15) is 24.2 Å². The summed E-state index contributed by atoms with van der Waals surface area (Å²) in [7, 11) is 2.03. The second-order valence-corrected chi connectivity index (χ2v) is 11.7. The van der Waals surface area contributed by atoms with Crippen molar-refractivity contribution in [3.8, 4) is 11.5 Å². The number of aryl methyl sites for hydroxylation is 1. The maximum absolute atomic E-state index is 12.5. The van der Waals surface area contributed by atoms with Gasteiger partial charge >= 0.3 is 0 Å². The Labute approximate surface area is 255 Å². The SMILES string of the molecule is Cn1c2ccccc2c2c(OCC(O)CNC(C)(C)CNC(=O)COc3ccc(C4=NNC(=O)CC4)cc3Cl)cccc21.